The lowest BCUT2D eigenvalue weighted by molar-refractivity contribution is -0.147. The van der Waals surface area contributed by atoms with Gasteiger partial charge >= 0.3 is 5.97 Å². The first kappa shape index (κ1) is 26.8. The van der Waals surface area contributed by atoms with Crippen molar-refractivity contribution in [1.29, 1.82) is 0 Å². The van der Waals surface area contributed by atoms with Crippen molar-refractivity contribution in [3.8, 4) is 0 Å². The fraction of sp³-hybridized carbons (Fsp3) is 0.267. The van der Waals surface area contributed by atoms with Crippen LogP contribution in [-0.2, 0) is 14.4 Å². The second kappa shape index (κ2) is 12.8. The quantitative estimate of drug-likeness (QED) is 0.363. The van der Waals surface area contributed by atoms with E-state index in [0.717, 1.165) is 11.1 Å². The van der Waals surface area contributed by atoms with E-state index in [2.05, 4.69) is 10.6 Å². The highest BCUT2D eigenvalue weighted by molar-refractivity contribution is 5.99. The van der Waals surface area contributed by atoms with Crippen molar-refractivity contribution in [2.45, 2.75) is 30.8 Å². The van der Waals surface area contributed by atoms with E-state index < -0.39 is 24.0 Å². The van der Waals surface area contributed by atoms with Crippen molar-refractivity contribution in [1.82, 2.24) is 15.5 Å². The molecule has 1 fully saturated rings. The van der Waals surface area contributed by atoms with Crippen LogP contribution in [0, 0.1) is 0 Å². The Hall–Kier alpha value is -4.30. The number of Topliss-reactive ketones (excluding diaryl/α,β-unsaturated/α-hetero) is 1. The molecular weight excluding hydrogens is 482 g/mol. The number of hydrogen-bond acceptors (Lipinski definition) is 5. The number of carbonyl (C=O) groups is 4. The van der Waals surface area contributed by atoms with Gasteiger partial charge in [0, 0.05) is 18.0 Å². The van der Waals surface area contributed by atoms with Crippen LogP contribution in [0.15, 0.2) is 91.0 Å². The number of rotatable bonds is 11. The first-order valence-corrected chi connectivity index (χ1v) is 12.7. The minimum absolute atomic E-state index is 0.170. The average molecular weight is 514 g/mol. The molecule has 8 nitrogen and oxygen atoms in total. The largest absolute Gasteiger partial charge is 0.480 e. The monoisotopic (exact) mass is 513 g/mol. The second-order valence-electron chi connectivity index (χ2n) is 9.27. The first-order chi connectivity index (χ1) is 18.5. The molecule has 0 unspecified atom stereocenters. The number of nitrogens with one attached hydrogen (secondary N) is 2. The minimum Gasteiger partial charge on any atom is -0.480 e. The Labute approximate surface area is 221 Å². The normalized spacial score (nSPS) is 15.7. The summed E-state index contributed by atoms with van der Waals surface area (Å²) in [5.74, 6) is -2.53. The van der Waals surface area contributed by atoms with Gasteiger partial charge in [0.2, 0.25) is 5.91 Å². The summed E-state index contributed by atoms with van der Waals surface area (Å²) in [6, 6.07) is 25.9. The average Bonchev–Trinajstić information content (AvgIpc) is 3.45. The molecule has 4 rings (SSSR count). The third kappa shape index (κ3) is 6.52. The van der Waals surface area contributed by atoms with Gasteiger partial charge in [-0.25, -0.2) is 4.79 Å². The highest BCUT2D eigenvalue weighted by Gasteiger charge is 2.35. The lowest BCUT2D eigenvalue weighted by Crippen LogP contribution is -2.50. The standard InChI is InChI=1S/C30H31N3O5/c34-25(19-31-20-26(35)33-18-10-17-24(33)30(37)38)28(32-29(36)23-15-8-3-9-16-23)27(21-11-4-1-5-12-21)22-13-6-2-7-14-22/h1-9,11-16,24,27-28,31H,10,17-20H2,(H,32,36)(H,37,38)/t24-,28+/m0/s1. The molecule has 1 heterocycles. The molecule has 1 aliphatic heterocycles. The number of carboxylic acid groups (broad SMARTS) is 1. The molecule has 2 atom stereocenters. The molecule has 0 radical (unpaired) electrons. The Kier molecular flexibility index (Phi) is 9.00. The van der Waals surface area contributed by atoms with Crippen molar-refractivity contribution in [2.75, 3.05) is 19.6 Å². The molecule has 196 valence electrons. The van der Waals surface area contributed by atoms with Crippen LogP contribution in [0.25, 0.3) is 0 Å². The third-order valence-electron chi connectivity index (χ3n) is 6.75. The topological polar surface area (TPSA) is 116 Å². The van der Waals surface area contributed by atoms with E-state index in [4.69, 9.17) is 0 Å². The van der Waals surface area contributed by atoms with Crippen LogP contribution in [-0.4, -0.2) is 65.3 Å². The first-order valence-electron chi connectivity index (χ1n) is 12.7. The molecule has 0 bridgehead atoms. The van der Waals surface area contributed by atoms with E-state index >= 15 is 0 Å². The summed E-state index contributed by atoms with van der Waals surface area (Å²) in [5.41, 5.74) is 2.16. The molecule has 3 aromatic carbocycles. The molecule has 8 heteroatoms. The van der Waals surface area contributed by atoms with Crippen LogP contribution in [0.2, 0.25) is 0 Å². The molecule has 2 amide bonds. The number of aliphatic carboxylic acids is 1. The molecule has 1 saturated heterocycles. The van der Waals surface area contributed by atoms with Crippen LogP contribution >= 0.6 is 0 Å². The summed E-state index contributed by atoms with van der Waals surface area (Å²) in [6.07, 6.45) is 1.05. The number of likely N-dealkylation sites (tertiary alicyclic amines) is 1. The van der Waals surface area contributed by atoms with Gasteiger partial charge in [-0.15, -0.1) is 0 Å². The SMILES string of the molecule is O=C(N[C@H](C(=O)CNCC(=O)N1CCC[C@H]1C(=O)O)C(c1ccccc1)c1ccccc1)c1ccccc1. The maximum absolute atomic E-state index is 13.7. The lowest BCUT2D eigenvalue weighted by atomic mass is 9.83. The van der Waals surface area contributed by atoms with Crippen LogP contribution in [0.5, 0.6) is 0 Å². The number of benzene rings is 3. The molecule has 0 aliphatic carbocycles. The molecule has 0 spiro atoms. The predicted octanol–water partition coefficient (Wildman–Crippen LogP) is 2.85. The molecule has 3 N–H and O–H groups in total. The zero-order valence-electron chi connectivity index (χ0n) is 21.0. The number of carbonyl (C=O) groups excluding carboxylic acids is 3. The molecule has 0 saturated carbocycles. The van der Waals surface area contributed by atoms with Crippen molar-refractivity contribution < 1.29 is 24.3 Å². The summed E-state index contributed by atoms with van der Waals surface area (Å²) < 4.78 is 0. The Bertz CT molecular complexity index is 1210. The maximum Gasteiger partial charge on any atom is 0.326 e. The van der Waals surface area contributed by atoms with Gasteiger partial charge in [0.15, 0.2) is 5.78 Å². The minimum atomic E-state index is -1.02. The van der Waals surface area contributed by atoms with Gasteiger partial charge in [-0.2, -0.15) is 0 Å². The molecular formula is C30H31N3O5. The van der Waals surface area contributed by atoms with Crippen molar-refractivity contribution in [3.05, 3.63) is 108 Å². The van der Waals surface area contributed by atoms with Crippen molar-refractivity contribution >= 4 is 23.6 Å². The summed E-state index contributed by atoms with van der Waals surface area (Å²) in [4.78, 5) is 52.3. The Balaban J connectivity index is 1.56. The Morgan fingerprint density at radius 3 is 1.92 bits per heavy atom. The smallest absolute Gasteiger partial charge is 0.326 e. The van der Waals surface area contributed by atoms with Crippen molar-refractivity contribution in [2.24, 2.45) is 0 Å². The number of carboxylic acids is 1. The highest BCUT2D eigenvalue weighted by Crippen LogP contribution is 2.29. The van der Waals surface area contributed by atoms with E-state index in [9.17, 15) is 24.3 Å². The number of amides is 2. The van der Waals surface area contributed by atoms with Gasteiger partial charge in [-0.1, -0.05) is 78.9 Å². The van der Waals surface area contributed by atoms with Gasteiger partial charge in [-0.3, -0.25) is 14.4 Å². The van der Waals surface area contributed by atoms with Gasteiger partial charge in [0.05, 0.1) is 13.1 Å². The predicted molar refractivity (Wildman–Crippen MR) is 143 cm³/mol. The number of hydrogen-bond donors (Lipinski definition) is 3. The summed E-state index contributed by atoms with van der Waals surface area (Å²) in [5, 5.41) is 15.2. The van der Waals surface area contributed by atoms with E-state index in [1.807, 2.05) is 66.7 Å². The van der Waals surface area contributed by atoms with Gasteiger partial charge in [0.1, 0.15) is 12.1 Å². The number of ketones is 1. The highest BCUT2D eigenvalue weighted by atomic mass is 16.4. The third-order valence-corrected chi connectivity index (χ3v) is 6.75. The molecule has 1 aliphatic rings. The van der Waals surface area contributed by atoms with E-state index in [0.29, 0.717) is 24.9 Å². The van der Waals surface area contributed by atoms with E-state index in [1.54, 1.807) is 24.3 Å². The van der Waals surface area contributed by atoms with Gasteiger partial charge in [0.25, 0.3) is 5.91 Å². The molecule has 3 aromatic rings. The van der Waals surface area contributed by atoms with Crippen LogP contribution in [0.1, 0.15) is 40.2 Å². The van der Waals surface area contributed by atoms with Crippen LogP contribution in [0.4, 0.5) is 0 Å². The molecule has 38 heavy (non-hydrogen) atoms. The summed E-state index contributed by atoms with van der Waals surface area (Å²) in [7, 11) is 0. The summed E-state index contributed by atoms with van der Waals surface area (Å²) >= 11 is 0. The van der Waals surface area contributed by atoms with Crippen molar-refractivity contribution in [3.63, 3.8) is 0 Å². The Morgan fingerprint density at radius 2 is 1.37 bits per heavy atom. The van der Waals surface area contributed by atoms with Gasteiger partial charge in [-0.05, 0) is 36.1 Å². The molecule has 0 aromatic heterocycles. The van der Waals surface area contributed by atoms with Crippen LogP contribution in [0.3, 0.4) is 0 Å². The maximum atomic E-state index is 13.7. The number of nitrogens with zero attached hydrogens (tertiary/aromatic N) is 1. The summed E-state index contributed by atoms with van der Waals surface area (Å²) in [6.45, 7) is 0.0364. The fourth-order valence-corrected chi connectivity index (χ4v) is 4.89. The Morgan fingerprint density at radius 1 is 0.816 bits per heavy atom. The van der Waals surface area contributed by atoms with Crippen LogP contribution < -0.4 is 10.6 Å². The fourth-order valence-electron chi connectivity index (χ4n) is 4.89. The zero-order chi connectivity index (χ0) is 26.9. The van der Waals surface area contributed by atoms with E-state index in [-0.39, 0.29) is 30.7 Å². The van der Waals surface area contributed by atoms with E-state index in [1.165, 1.54) is 4.90 Å². The second-order valence-corrected chi connectivity index (χ2v) is 9.27. The van der Waals surface area contributed by atoms with Gasteiger partial charge < -0.3 is 20.6 Å². The zero-order valence-corrected chi connectivity index (χ0v) is 21.0. The lowest BCUT2D eigenvalue weighted by Gasteiger charge is -2.28.